The molecule has 0 fully saturated rings. The first-order valence-electron chi connectivity index (χ1n) is 7.96. The van der Waals surface area contributed by atoms with Crippen molar-refractivity contribution in [3.05, 3.63) is 41.6 Å². The smallest absolute Gasteiger partial charge is 0.251 e. The van der Waals surface area contributed by atoms with Crippen molar-refractivity contribution in [2.24, 2.45) is 0 Å². The van der Waals surface area contributed by atoms with E-state index >= 15 is 0 Å². The minimum atomic E-state index is -3.34. The molecule has 1 amide bonds. The molecule has 1 aromatic heterocycles. The molecular weight excluding hydrogens is 344 g/mol. The third-order valence-electron chi connectivity index (χ3n) is 3.47. The van der Waals surface area contributed by atoms with Crippen LogP contribution in [-0.2, 0) is 10.0 Å². The molecule has 0 aliphatic heterocycles. The molecule has 1 atom stereocenters. The molecule has 136 valence electrons. The number of nitrogens with zero attached hydrogens (tertiary/aromatic N) is 2. The third-order valence-corrected chi connectivity index (χ3v) is 4.78. The van der Waals surface area contributed by atoms with Gasteiger partial charge >= 0.3 is 0 Å². The molecule has 2 N–H and O–H groups in total. The summed E-state index contributed by atoms with van der Waals surface area (Å²) in [7, 11) is -3.34. The molecule has 0 saturated carbocycles. The number of carbonyl (C=O) groups is 1. The molecule has 0 radical (unpaired) electrons. The van der Waals surface area contributed by atoms with Crippen molar-refractivity contribution >= 4 is 21.6 Å². The van der Waals surface area contributed by atoms with Crippen molar-refractivity contribution in [1.82, 2.24) is 15.5 Å². The Morgan fingerprint density at radius 1 is 1.12 bits per heavy atom. The zero-order valence-electron chi connectivity index (χ0n) is 14.6. The van der Waals surface area contributed by atoms with Crippen LogP contribution in [0.4, 0.5) is 5.69 Å². The highest BCUT2D eigenvalue weighted by molar-refractivity contribution is 7.92. The number of sulfonamides is 1. The van der Waals surface area contributed by atoms with E-state index in [9.17, 15) is 13.2 Å². The predicted molar refractivity (Wildman–Crippen MR) is 93.8 cm³/mol. The maximum Gasteiger partial charge on any atom is 0.251 e. The van der Waals surface area contributed by atoms with Gasteiger partial charge in [-0.2, -0.15) is 0 Å². The quantitative estimate of drug-likeness (QED) is 0.778. The monoisotopic (exact) mass is 366 g/mol. The third kappa shape index (κ3) is 5.02. The van der Waals surface area contributed by atoms with Crippen LogP contribution in [0.15, 0.2) is 28.7 Å². The van der Waals surface area contributed by atoms with Crippen molar-refractivity contribution in [2.75, 3.05) is 10.5 Å². The number of anilines is 1. The molecule has 1 aromatic carbocycles. The molecule has 1 unspecified atom stereocenters. The van der Waals surface area contributed by atoms with Gasteiger partial charge in [-0.1, -0.05) is 13.8 Å². The second kappa shape index (κ2) is 7.64. The van der Waals surface area contributed by atoms with E-state index in [1.165, 1.54) is 12.1 Å². The highest BCUT2D eigenvalue weighted by Crippen LogP contribution is 2.17. The lowest BCUT2D eigenvalue weighted by Crippen LogP contribution is -2.26. The average Bonchev–Trinajstić information content (AvgIpc) is 3.05. The Hall–Kier alpha value is -2.42. The van der Waals surface area contributed by atoms with Crippen molar-refractivity contribution in [3.63, 3.8) is 0 Å². The first kappa shape index (κ1) is 18.9. The van der Waals surface area contributed by atoms with Gasteiger partial charge in [0, 0.05) is 17.2 Å². The molecule has 2 rings (SSSR count). The van der Waals surface area contributed by atoms with E-state index < -0.39 is 16.1 Å². The minimum Gasteiger partial charge on any atom is -0.423 e. The number of hydrogen-bond donors (Lipinski definition) is 2. The maximum absolute atomic E-state index is 12.3. The van der Waals surface area contributed by atoms with Crippen molar-refractivity contribution in [1.29, 1.82) is 0 Å². The Labute approximate surface area is 147 Å². The average molecular weight is 366 g/mol. The van der Waals surface area contributed by atoms with Gasteiger partial charge in [-0.3, -0.25) is 9.52 Å². The van der Waals surface area contributed by atoms with Gasteiger partial charge in [-0.25, -0.2) is 8.42 Å². The predicted octanol–water partition coefficient (Wildman–Crippen LogP) is 2.45. The molecule has 2 aromatic rings. The minimum absolute atomic E-state index is 0.0186. The molecule has 0 bridgehead atoms. The summed E-state index contributed by atoms with van der Waals surface area (Å²) >= 11 is 0. The highest BCUT2D eigenvalue weighted by Gasteiger charge is 2.18. The Bertz CT molecular complexity index is 828. The number of hydrogen-bond acceptors (Lipinski definition) is 6. The maximum atomic E-state index is 12.3. The lowest BCUT2D eigenvalue weighted by molar-refractivity contribution is 0.0934. The molecule has 8 nitrogen and oxygen atoms in total. The fourth-order valence-electron chi connectivity index (χ4n) is 1.94. The van der Waals surface area contributed by atoms with Crippen LogP contribution in [0.3, 0.4) is 0 Å². The summed E-state index contributed by atoms with van der Waals surface area (Å²) < 4.78 is 31.0. The van der Waals surface area contributed by atoms with Gasteiger partial charge in [0.05, 0.1) is 5.75 Å². The fourth-order valence-corrected chi connectivity index (χ4v) is 2.58. The summed E-state index contributed by atoms with van der Waals surface area (Å²) in [5.41, 5.74) is 0.805. The molecule has 0 aliphatic carbocycles. The van der Waals surface area contributed by atoms with E-state index in [4.69, 9.17) is 4.42 Å². The van der Waals surface area contributed by atoms with Gasteiger partial charge in [-0.15, -0.1) is 10.2 Å². The molecule has 25 heavy (non-hydrogen) atoms. The van der Waals surface area contributed by atoms with Crippen LogP contribution in [0.25, 0.3) is 0 Å². The Balaban J connectivity index is 2.02. The lowest BCUT2D eigenvalue weighted by atomic mass is 10.2. The van der Waals surface area contributed by atoms with Crippen LogP contribution in [0.1, 0.15) is 61.8 Å². The number of carbonyl (C=O) groups excluding carboxylic acids is 1. The largest absolute Gasteiger partial charge is 0.423 e. The second-order valence-corrected chi connectivity index (χ2v) is 7.92. The van der Waals surface area contributed by atoms with Gasteiger partial charge in [0.1, 0.15) is 6.04 Å². The van der Waals surface area contributed by atoms with Gasteiger partial charge in [-0.05, 0) is 38.1 Å². The number of benzene rings is 1. The van der Waals surface area contributed by atoms with Crippen molar-refractivity contribution < 1.29 is 17.6 Å². The van der Waals surface area contributed by atoms with Crippen LogP contribution in [0, 0.1) is 0 Å². The zero-order chi connectivity index (χ0) is 18.6. The Kier molecular flexibility index (Phi) is 5.78. The fraction of sp³-hybridized carbons (Fsp3) is 0.438. The second-order valence-electron chi connectivity index (χ2n) is 5.91. The highest BCUT2D eigenvalue weighted by atomic mass is 32.2. The molecule has 1 heterocycles. The van der Waals surface area contributed by atoms with Crippen molar-refractivity contribution in [2.45, 2.75) is 39.7 Å². The topological polar surface area (TPSA) is 114 Å². The molecule has 0 spiro atoms. The SMILES string of the molecule is CCS(=O)(=O)Nc1ccc(C(=O)NC(C)c2nnc(C(C)C)o2)cc1. The first-order chi connectivity index (χ1) is 11.7. The number of rotatable bonds is 7. The van der Waals surface area contributed by atoms with Gasteiger partial charge in [0.25, 0.3) is 5.91 Å². The zero-order valence-corrected chi connectivity index (χ0v) is 15.4. The normalized spacial score (nSPS) is 12.8. The first-order valence-corrected chi connectivity index (χ1v) is 9.61. The Morgan fingerprint density at radius 2 is 1.72 bits per heavy atom. The summed E-state index contributed by atoms with van der Waals surface area (Å²) in [6.45, 7) is 7.18. The van der Waals surface area contributed by atoms with Crippen LogP contribution >= 0.6 is 0 Å². The summed E-state index contributed by atoms with van der Waals surface area (Å²) in [5.74, 6) is 0.633. The summed E-state index contributed by atoms with van der Waals surface area (Å²) in [4.78, 5) is 12.3. The Morgan fingerprint density at radius 3 is 2.24 bits per heavy atom. The molecule has 0 aliphatic rings. The van der Waals surface area contributed by atoms with Gasteiger partial charge in [0.15, 0.2) is 0 Å². The van der Waals surface area contributed by atoms with Crippen LogP contribution < -0.4 is 10.0 Å². The summed E-state index contributed by atoms with van der Waals surface area (Å²) in [5, 5.41) is 10.6. The van der Waals surface area contributed by atoms with E-state index in [1.54, 1.807) is 26.0 Å². The van der Waals surface area contributed by atoms with Gasteiger partial charge < -0.3 is 9.73 Å². The standard InChI is InChI=1S/C16H22N4O4S/c1-5-25(22,23)20-13-8-6-12(7-9-13)14(21)17-11(4)16-19-18-15(24-16)10(2)3/h6-11,20H,5H2,1-4H3,(H,17,21). The van der Waals surface area contributed by atoms with E-state index in [0.717, 1.165) is 0 Å². The van der Waals surface area contributed by atoms with E-state index in [2.05, 4.69) is 20.2 Å². The van der Waals surface area contributed by atoms with E-state index in [0.29, 0.717) is 23.0 Å². The van der Waals surface area contributed by atoms with Crippen LogP contribution in [0.5, 0.6) is 0 Å². The van der Waals surface area contributed by atoms with E-state index in [1.807, 2.05) is 13.8 Å². The summed E-state index contributed by atoms with van der Waals surface area (Å²) in [6, 6.07) is 5.73. The van der Waals surface area contributed by atoms with Crippen molar-refractivity contribution in [3.8, 4) is 0 Å². The van der Waals surface area contributed by atoms with Gasteiger partial charge in [0.2, 0.25) is 21.8 Å². The molecule has 0 saturated heterocycles. The number of nitrogens with one attached hydrogen (secondary N) is 2. The van der Waals surface area contributed by atoms with E-state index in [-0.39, 0.29) is 17.6 Å². The number of aromatic nitrogens is 2. The molecular formula is C16H22N4O4S. The molecule has 9 heteroatoms. The van der Waals surface area contributed by atoms with Crippen LogP contribution in [0.2, 0.25) is 0 Å². The number of amides is 1. The van der Waals surface area contributed by atoms with Crippen LogP contribution in [-0.4, -0.2) is 30.3 Å². The lowest BCUT2D eigenvalue weighted by Gasteiger charge is -2.11. The summed E-state index contributed by atoms with van der Waals surface area (Å²) in [6.07, 6.45) is 0.